The Balaban J connectivity index is 1.54. The van der Waals surface area contributed by atoms with E-state index in [1.165, 1.54) is 0 Å². The summed E-state index contributed by atoms with van der Waals surface area (Å²) in [5.74, 6) is 0.831. The van der Waals surface area contributed by atoms with E-state index < -0.39 is 0 Å². The van der Waals surface area contributed by atoms with Crippen LogP contribution in [-0.4, -0.2) is 39.1 Å². The fraction of sp³-hybridized carbons (Fsp3) is 0.667. The molecule has 3 aliphatic rings. The van der Waals surface area contributed by atoms with Gasteiger partial charge in [0.25, 0.3) is 0 Å². The zero-order chi connectivity index (χ0) is 14.6. The summed E-state index contributed by atoms with van der Waals surface area (Å²) in [6.45, 7) is 3.11. The van der Waals surface area contributed by atoms with Crippen LogP contribution in [0.3, 0.4) is 0 Å². The van der Waals surface area contributed by atoms with Crippen molar-refractivity contribution in [3.8, 4) is 0 Å². The van der Waals surface area contributed by atoms with Crippen LogP contribution in [0.15, 0.2) is 12.3 Å². The molecule has 21 heavy (non-hydrogen) atoms. The molecular weight excluding hydrogens is 268 g/mol. The van der Waals surface area contributed by atoms with E-state index in [-0.39, 0.29) is 23.8 Å². The van der Waals surface area contributed by atoms with Crippen molar-refractivity contribution in [3.63, 3.8) is 0 Å². The minimum Gasteiger partial charge on any atom is -0.351 e. The van der Waals surface area contributed by atoms with Gasteiger partial charge in [0.1, 0.15) is 6.04 Å². The van der Waals surface area contributed by atoms with Gasteiger partial charge in [-0.1, -0.05) is 6.92 Å². The maximum atomic E-state index is 12.5. The zero-order valence-corrected chi connectivity index (χ0v) is 12.2. The summed E-state index contributed by atoms with van der Waals surface area (Å²) in [4.78, 5) is 26.7. The molecule has 1 N–H and O–H groups in total. The molecule has 3 atom stereocenters. The van der Waals surface area contributed by atoms with Crippen molar-refractivity contribution >= 4 is 11.8 Å². The van der Waals surface area contributed by atoms with E-state index >= 15 is 0 Å². The van der Waals surface area contributed by atoms with Crippen LogP contribution >= 0.6 is 0 Å². The summed E-state index contributed by atoms with van der Waals surface area (Å²) in [5.41, 5.74) is 0.943. The van der Waals surface area contributed by atoms with Gasteiger partial charge in [-0.05, 0) is 31.2 Å². The van der Waals surface area contributed by atoms with Gasteiger partial charge in [0, 0.05) is 18.2 Å². The molecule has 1 aromatic rings. The van der Waals surface area contributed by atoms with E-state index in [1.807, 2.05) is 11.0 Å². The highest BCUT2D eigenvalue weighted by atomic mass is 16.2. The predicted octanol–water partition coefficient (Wildman–Crippen LogP) is 0.701. The lowest BCUT2D eigenvalue weighted by atomic mass is 10.1. The number of nitrogens with one attached hydrogen (secondary N) is 1. The second-order valence-corrected chi connectivity index (χ2v) is 6.60. The van der Waals surface area contributed by atoms with E-state index in [9.17, 15) is 9.59 Å². The van der Waals surface area contributed by atoms with Gasteiger partial charge in [-0.15, -0.1) is 0 Å². The lowest BCUT2D eigenvalue weighted by Gasteiger charge is -2.33. The molecule has 4 rings (SSSR count). The predicted molar refractivity (Wildman–Crippen MR) is 75.1 cm³/mol. The van der Waals surface area contributed by atoms with Crippen molar-refractivity contribution in [1.82, 2.24) is 20.0 Å². The fourth-order valence-electron chi connectivity index (χ4n) is 3.08. The molecule has 1 aromatic heterocycles. The largest absolute Gasteiger partial charge is 0.351 e. The maximum absolute atomic E-state index is 12.5. The molecule has 3 unspecified atom stereocenters. The number of fused-ring (bicyclic) bond motifs is 1. The van der Waals surface area contributed by atoms with Crippen molar-refractivity contribution in [3.05, 3.63) is 18.0 Å². The average Bonchev–Trinajstić information content (AvgIpc) is 3.37. The normalized spacial score (nSPS) is 30.7. The first-order chi connectivity index (χ1) is 10.1. The number of carbonyl (C=O) groups excluding carboxylic acids is 2. The topological polar surface area (TPSA) is 67.2 Å². The molecule has 0 radical (unpaired) electrons. The number of hydrogen-bond acceptors (Lipinski definition) is 3. The number of rotatable bonds is 3. The van der Waals surface area contributed by atoms with E-state index in [0.29, 0.717) is 25.0 Å². The van der Waals surface area contributed by atoms with Crippen LogP contribution in [0.4, 0.5) is 0 Å². The summed E-state index contributed by atoms with van der Waals surface area (Å²) in [6.07, 6.45) is 4.81. The van der Waals surface area contributed by atoms with Gasteiger partial charge in [0.15, 0.2) is 0 Å². The Hall–Kier alpha value is -1.85. The molecule has 0 saturated heterocycles. The molecule has 112 valence electrons. The van der Waals surface area contributed by atoms with Gasteiger partial charge >= 0.3 is 0 Å². The lowest BCUT2D eigenvalue weighted by molar-refractivity contribution is -0.137. The zero-order valence-electron chi connectivity index (χ0n) is 12.2. The standard InChI is InChI=1S/C15H20N4O2/c1-9-6-12(9)15(21)18-7-11-4-5-16-19(11)13(8-18)14(20)17-10-2-3-10/h4-5,9-10,12-13H,2-3,6-8H2,1H3,(H,17,20). The van der Waals surface area contributed by atoms with Crippen molar-refractivity contribution in [1.29, 1.82) is 0 Å². The van der Waals surface area contributed by atoms with E-state index in [4.69, 9.17) is 0 Å². The van der Waals surface area contributed by atoms with Gasteiger partial charge in [0.05, 0.1) is 18.8 Å². The number of hydrogen-bond donors (Lipinski definition) is 1. The van der Waals surface area contributed by atoms with Crippen molar-refractivity contribution in [2.45, 2.75) is 44.8 Å². The van der Waals surface area contributed by atoms with Crippen LogP contribution in [0.1, 0.15) is 37.9 Å². The molecule has 2 saturated carbocycles. The molecule has 2 aliphatic carbocycles. The summed E-state index contributed by atoms with van der Waals surface area (Å²) < 4.78 is 1.78. The van der Waals surface area contributed by atoms with E-state index in [0.717, 1.165) is 25.0 Å². The van der Waals surface area contributed by atoms with Crippen LogP contribution in [0.5, 0.6) is 0 Å². The highest BCUT2D eigenvalue weighted by molar-refractivity contribution is 5.85. The smallest absolute Gasteiger partial charge is 0.246 e. The molecule has 2 fully saturated rings. The van der Waals surface area contributed by atoms with Crippen molar-refractivity contribution in [2.24, 2.45) is 11.8 Å². The highest BCUT2D eigenvalue weighted by Crippen LogP contribution is 2.40. The minimum absolute atomic E-state index is 0.0104. The number of amides is 2. The second-order valence-electron chi connectivity index (χ2n) is 6.60. The minimum atomic E-state index is -0.387. The molecule has 6 nitrogen and oxygen atoms in total. The molecule has 2 heterocycles. The third kappa shape index (κ3) is 2.32. The van der Waals surface area contributed by atoms with Gasteiger partial charge in [-0.3, -0.25) is 14.3 Å². The van der Waals surface area contributed by atoms with Crippen LogP contribution in [0, 0.1) is 11.8 Å². The Morgan fingerprint density at radius 1 is 1.38 bits per heavy atom. The molecule has 0 aromatic carbocycles. The Labute approximate surface area is 123 Å². The monoisotopic (exact) mass is 288 g/mol. The molecule has 0 bridgehead atoms. The van der Waals surface area contributed by atoms with Crippen LogP contribution < -0.4 is 5.32 Å². The van der Waals surface area contributed by atoms with E-state index in [2.05, 4.69) is 17.3 Å². The number of aromatic nitrogens is 2. The third-order valence-corrected chi connectivity index (χ3v) is 4.76. The van der Waals surface area contributed by atoms with Gasteiger partial charge in [-0.25, -0.2) is 0 Å². The van der Waals surface area contributed by atoms with Crippen LogP contribution in [0.2, 0.25) is 0 Å². The number of nitrogens with zero attached hydrogens (tertiary/aromatic N) is 3. The van der Waals surface area contributed by atoms with Crippen LogP contribution in [0.25, 0.3) is 0 Å². The average molecular weight is 288 g/mol. The van der Waals surface area contributed by atoms with Gasteiger partial charge in [0.2, 0.25) is 11.8 Å². The molecular formula is C15H20N4O2. The summed E-state index contributed by atoms with van der Waals surface area (Å²) in [7, 11) is 0. The Morgan fingerprint density at radius 3 is 2.81 bits per heavy atom. The quantitative estimate of drug-likeness (QED) is 0.890. The first kappa shape index (κ1) is 12.9. The third-order valence-electron chi connectivity index (χ3n) is 4.76. The van der Waals surface area contributed by atoms with E-state index in [1.54, 1.807) is 10.9 Å². The first-order valence-electron chi connectivity index (χ1n) is 7.75. The molecule has 6 heteroatoms. The summed E-state index contributed by atoms with van der Waals surface area (Å²) in [6, 6.07) is 1.83. The Bertz CT molecular complexity index is 592. The Morgan fingerprint density at radius 2 is 2.14 bits per heavy atom. The molecule has 2 amide bonds. The van der Waals surface area contributed by atoms with Gasteiger partial charge < -0.3 is 10.2 Å². The highest BCUT2D eigenvalue weighted by Gasteiger charge is 2.44. The molecule has 1 aliphatic heterocycles. The van der Waals surface area contributed by atoms with Crippen molar-refractivity contribution in [2.75, 3.05) is 6.54 Å². The lowest BCUT2D eigenvalue weighted by Crippen LogP contribution is -2.48. The molecule has 0 spiro atoms. The van der Waals surface area contributed by atoms with Crippen molar-refractivity contribution < 1.29 is 9.59 Å². The Kier molecular flexibility index (Phi) is 2.80. The van der Waals surface area contributed by atoms with Crippen LogP contribution in [-0.2, 0) is 16.1 Å². The van der Waals surface area contributed by atoms with Gasteiger partial charge in [-0.2, -0.15) is 5.10 Å². The maximum Gasteiger partial charge on any atom is 0.246 e. The second kappa shape index (κ2) is 4.58. The SMILES string of the molecule is CC1CC1C(=O)N1Cc2ccnn2C(C(=O)NC2CC2)C1. The number of carbonyl (C=O) groups is 2. The summed E-state index contributed by atoms with van der Waals surface area (Å²) >= 11 is 0. The fourth-order valence-corrected chi connectivity index (χ4v) is 3.08. The first-order valence-corrected chi connectivity index (χ1v) is 7.75. The summed E-state index contributed by atoms with van der Waals surface area (Å²) in [5, 5.41) is 7.30.